The van der Waals surface area contributed by atoms with E-state index in [1.165, 1.54) is 22.5 Å². The SMILES string of the molecule is Cc1ccc(-c2csc(NC(=O)C3(CN)CCOCC3)n2)cc1C.Cl. The second-order valence-electron chi connectivity index (χ2n) is 6.39. The van der Waals surface area contributed by atoms with E-state index in [1.54, 1.807) is 0 Å². The third kappa shape index (κ3) is 4.20. The maximum absolute atomic E-state index is 12.7. The van der Waals surface area contributed by atoms with Gasteiger partial charge in [-0.1, -0.05) is 12.1 Å². The summed E-state index contributed by atoms with van der Waals surface area (Å²) < 4.78 is 5.36. The van der Waals surface area contributed by atoms with Crippen molar-refractivity contribution in [2.24, 2.45) is 11.1 Å². The quantitative estimate of drug-likeness (QED) is 0.849. The first-order valence-electron chi connectivity index (χ1n) is 8.16. The predicted molar refractivity (Wildman–Crippen MR) is 104 cm³/mol. The van der Waals surface area contributed by atoms with Gasteiger partial charge in [-0.2, -0.15) is 0 Å². The summed E-state index contributed by atoms with van der Waals surface area (Å²) in [7, 11) is 0. The van der Waals surface area contributed by atoms with Crippen LogP contribution in [-0.4, -0.2) is 30.6 Å². The molecule has 0 aliphatic carbocycles. The zero-order chi connectivity index (χ0) is 17.2. The Bertz CT molecular complexity index is 742. The number of thiazole rings is 1. The molecule has 0 atom stereocenters. The maximum Gasteiger partial charge on any atom is 0.233 e. The molecule has 0 spiro atoms. The molecule has 3 N–H and O–H groups in total. The van der Waals surface area contributed by atoms with Crippen LogP contribution in [0.15, 0.2) is 23.6 Å². The highest BCUT2D eigenvalue weighted by Gasteiger charge is 2.39. The van der Waals surface area contributed by atoms with Gasteiger partial charge in [-0.15, -0.1) is 23.7 Å². The lowest BCUT2D eigenvalue weighted by atomic mass is 9.79. The van der Waals surface area contributed by atoms with Crippen molar-refractivity contribution in [3.05, 3.63) is 34.7 Å². The van der Waals surface area contributed by atoms with E-state index in [0.717, 1.165) is 11.3 Å². The topological polar surface area (TPSA) is 77.2 Å². The maximum atomic E-state index is 12.7. The smallest absolute Gasteiger partial charge is 0.233 e. The first-order chi connectivity index (χ1) is 11.5. The van der Waals surface area contributed by atoms with Gasteiger partial charge in [0, 0.05) is 30.7 Å². The average Bonchev–Trinajstić information content (AvgIpc) is 3.06. The van der Waals surface area contributed by atoms with Crippen molar-refractivity contribution in [1.29, 1.82) is 0 Å². The minimum Gasteiger partial charge on any atom is -0.381 e. The molecule has 0 radical (unpaired) electrons. The molecule has 1 aromatic heterocycles. The van der Waals surface area contributed by atoms with Crippen molar-refractivity contribution in [2.75, 3.05) is 25.1 Å². The van der Waals surface area contributed by atoms with Crippen molar-refractivity contribution in [3.63, 3.8) is 0 Å². The number of nitrogens with two attached hydrogens (primary N) is 1. The Morgan fingerprint density at radius 1 is 1.32 bits per heavy atom. The number of benzene rings is 1. The Labute approximate surface area is 158 Å². The summed E-state index contributed by atoms with van der Waals surface area (Å²) in [6.07, 6.45) is 1.31. The molecule has 1 aliphatic rings. The van der Waals surface area contributed by atoms with Crippen LogP contribution in [0.1, 0.15) is 24.0 Å². The monoisotopic (exact) mass is 381 g/mol. The number of hydrogen-bond acceptors (Lipinski definition) is 5. The molecule has 0 saturated carbocycles. The molecular weight excluding hydrogens is 358 g/mol. The van der Waals surface area contributed by atoms with Crippen LogP contribution in [-0.2, 0) is 9.53 Å². The van der Waals surface area contributed by atoms with Crippen LogP contribution in [0.2, 0.25) is 0 Å². The fraction of sp³-hybridized carbons (Fsp3) is 0.444. The summed E-state index contributed by atoms with van der Waals surface area (Å²) in [5, 5.41) is 5.54. The number of halogens is 1. The standard InChI is InChI=1S/C18H23N3O2S.ClH/c1-12-3-4-14(9-13(12)2)15-10-24-17(20-15)21-16(22)18(11-19)5-7-23-8-6-18;/h3-4,9-10H,5-8,11,19H2,1-2H3,(H,20,21,22);1H. The molecule has 25 heavy (non-hydrogen) atoms. The summed E-state index contributed by atoms with van der Waals surface area (Å²) in [4.78, 5) is 17.3. The Hall–Kier alpha value is -1.47. The van der Waals surface area contributed by atoms with Crippen molar-refractivity contribution in [3.8, 4) is 11.3 Å². The van der Waals surface area contributed by atoms with Gasteiger partial charge in [0.1, 0.15) is 0 Å². The average molecular weight is 382 g/mol. The fourth-order valence-electron chi connectivity index (χ4n) is 2.88. The first kappa shape index (κ1) is 19.8. The zero-order valence-electron chi connectivity index (χ0n) is 14.5. The summed E-state index contributed by atoms with van der Waals surface area (Å²) in [6.45, 7) is 5.67. The van der Waals surface area contributed by atoms with Crippen LogP contribution in [0.3, 0.4) is 0 Å². The molecule has 136 valence electrons. The van der Waals surface area contributed by atoms with Crippen LogP contribution in [0.25, 0.3) is 11.3 Å². The van der Waals surface area contributed by atoms with Gasteiger partial charge >= 0.3 is 0 Å². The number of amides is 1. The number of nitrogens with zero attached hydrogens (tertiary/aromatic N) is 1. The van der Waals surface area contributed by atoms with Crippen molar-refractivity contribution in [1.82, 2.24) is 4.98 Å². The lowest BCUT2D eigenvalue weighted by molar-refractivity contribution is -0.130. The molecule has 0 unspecified atom stereocenters. The number of anilines is 1. The van der Waals surface area contributed by atoms with Gasteiger partial charge in [0.2, 0.25) is 5.91 Å². The number of aromatic nitrogens is 1. The van der Waals surface area contributed by atoms with Gasteiger partial charge in [-0.05, 0) is 43.9 Å². The van der Waals surface area contributed by atoms with E-state index in [9.17, 15) is 4.79 Å². The minimum atomic E-state index is -0.537. The number of aryl methyl sites for hydroxylation is 2. The van der Waals surface area contributed by atoms with Crippen LogP contribution in [0.4, 0.5) is 5.13 Å². The number of hydrogen-bond donors (Lipinski definition) is 2. The lowest BCUT2D eigenvalue weighted by Crippen LogP contribution is -2.46. The second kappa shape index (κ2) is 8.27. The van der Waals surface area contributed by atoms with Crippen LogP contribution in [0.5, 0.6) is 0 Å². The van der Waals surface area contributed by atoms with Gasteiger partial charge < -0.3 is 15.8 Å². The van der Waals surface area contributed by atoms with E-state index in [-0.39, 0.29) is 18.3 Å². The summed E-state index contributed by atoms with van der Waals surface area (Å²) in [5.41, 5.74) is 9.78. The van der Waals surface area contributed by atoms with E-state index in [4.69, 9.17) is 10.5 Å². The van der Waals surface area contributed by atoms with E-state index < -0.39 is 5.41 Å². The number of rotatable bonds is 4. The summed E-state index contributed by atoms with van der Waals surface area (Å²) in [6, 6.07) is 6.27. The summed E-state index contributed by atoms with van der Waals surface area (Å²) in [5.74, 6) is -0.0470. The molecule has 2 aromatic rings. The van der Waals surface area contributed by atoms with E-state index in [0.29, 0.717) is 37.7 Å². The highest BCUT2D eigenvalue weighted by atomic mass is 35.5. The van der Waals surface area contributed by atoms with Crippen LogP contribution in [0, 0.1) is 19.3 Å². The number of carbonyl (C=O) groups is 1. The van der Waals surface area contributed by atoms with Gasteiger partial charge in [-0.25, -0.2) is 4.98 Å². The Balaban J connectivity index is 0.00000225. The Morgan fingerprint density at radius 2 is 2.04 bits per heavy atom. The number of carbonyl (C=O) groups excluding carboxylic acids is 1. The van der Waals surface area contributed by atoms with Crippen molar-refractivity contribution < 1.29 is 9.53 Å². The van der Waals surface area contributed by atoms with Crippen molar-refractivity contribution >= 4 is 34.8 Å². The highest BCUT2D eigenvalue weighted by molar-refractivity contribution is 7.14. The molecule has 5 nitrogen and oxygen atoms in total. The molecule has 1 aromatic carbocycles. The molecule has 1 amide bonds. The fourth-order valence-corrected chi connectivity index (χ4v) is 3.59. The Kier molecular flexibility index (Phi) is 6.57. The number of nitrogens with one attached hydrogen (secondary N) is 1. The number of ether oxygens (including phenoxy) is 1. The normalized spacial score (nSPS) is 16.1. The molecule has 3 rings (SSSR count). The molecule has 0 bridgehead atoms. The third-order valence-corrected chi connectivity index (χ3v) is 5.61. The summed E-state index contributed by atoms with van der Waals surface area (Å²) >= 11 is 1.44. The Morgan fingerprint density at radius 3 is 2.68 bits per heavy atom. The molecule has 1 saturated heterocycles. The molecule has 7 heteroatoms. The van der Waals surface area contributed by atoms with Crippen molar-refractivity contribution in [2.45, 2.75) is 26.7 Å². The lowest BCUT2D eigenvalue weighted by Gasteiger charge is -2.34. The van der Waals surface area contributed by atoms with Gasteiger partial charge in [-0.3, -0.25) is 4.79 Å². The molecule has 2 heterocycles. The van der Waals surface area contributed by atoms with E-state index >= 15 is 0 Å². The van der Waals surface area contributed by atoms with Crippen LogP contribution >= 0.6 is 23.7 Å². The second-order valence-corrected chi connectivity index (χ2v) is 7.25. The van der Waals surface area contributed by atoms with Gasteiger partial charge in [0.05, 0.1) is 11.1 Å². The third-order valence-electron chi connectivity index (χ3n) is 4.85. The molecular formula is C18H24ClN3O2S. The van der Waals surface area contributed by atoms with Gasteiger partial charge in [0.15, 0.2) is 5.13 Å². The predicted octanol–water partition coefficient (Wildman–Crippen LogP) is 3.54. The van der Waals surface area contributed by atoms with Crippen LogP contribution < -0.4 is 11.1 Å². The molecule has 1 fully saturated rings. The van der Waals surface area contributed by atoms with E-state index in [1.807, 2.05) is 5.38 Å². The first-order valence-corrected chi connectivity index (χ1v) is 9.04. The zero-order valence-corrected chi connectivity index (χ0v) is 16.1. The van der Waals surface area contributed by atoms with E-state index in [2.05, 4.69) is 42.3 Å². The van der Waals surface area contributed by atoms with Gasteiger partial charge in [0.25, 0.3) is 0 Å². The largest absolute Gasteiger partial charge is 0.381 e. The minimum absolute atomic E-state index is 0. The molecule has 1 aliphatic heterocycles. The highest BCUT2D eigenvalue weighted by Crippen LogP contribution is 2.32.